The number of rotatable bonds is 4. The van der Waals surface area contributed by atoms with E-state index in [0.717, 1.165) is 11.3 Å². The quantitative estimate of drug-likeness (QED) is 0.644. The predicted octanol–water partition coefficient (Wildman–Crippen LogP) is 2.74. The number of nitrogens with two attached hydrogens (primary N) is 1. The van der Waals surface area contributed by atoms with Crippen molar-refractivity contribution in [1.82, 2.24) is 4.90 Å². The standard InChI is InChI=1S/C20H22ClN3O3/c1-14-2-5-16(21)12-18(14)23-8-10-24(11-9-23)19(25)13-27-20(26)15-3-6-17(22)7-4-15/h2-7,12H,8-11,13,22H2,1H3. The second kappa shape index (κ2) is 8.31. The third-order valence-corrected chi connectivity index (χ3v) is 4.85. The number of ether oxygens (including phenoxy) is 1. The van der Waals surface area contributed by atoms with Crippen LogP contribution in [0.4, 0.5) is 11.4 Å². The van der Waals surface area contributed by atoms with Gasteiger partial charge in [-0.2, -0.15) is 0 Å². The van der Waals surface area contributed by atoms with Gasteiger partial charge in [0.05, 0.1) is 5.56 Å². The van der Waals surface area contributed by atoms with Crippen LogP contribution in [0, 0.1) is 6.92 Å². The second-order valence-corrected chi connectivity index (χ2v) is 6.93. The van der Waals surface area contributed by atoms with E-state index in [2.05, 4.69) is 4.90 Å². The summed E-state index contributed by atoms with van der Waals surface area (Å²) in [6.45, 7) is 4.34. The smallest absolute Gasteiger partial charge is 0.338 e. The van der Waals surface area contributed by atoms with Crippen molar-refractivity contribution >= 4 is 34.9 Å². The van der Waals surface area contributed by atoms with E-state index in [0.29, 0.717) is 42.5 Å². The van der Waals surface area contributed by atoms with Crippen LogP contribution in [0.3, 0.4) is 0 Å². The van der Waals surface area contributed by atoms with Crippen LogP contribution in [-0.2, 0) is 9.53 Å². The minimum Gasteiger partial charge on any atom is -0.452 e. The van der Waals surface area contributed by atoms with Gasteiger partial charge in [-0.3, -0.25) is 4.79 Å². The highest BCUT2D eigenvalue weighted by molar-refractivity contribution is 6.30. The molecule has 2 aromatic carbocycles. The summed E-state index contributed by atoms with van der Waals surface area (Å²) < 4.78 is 5.13. The Kier molecular flexibility index (Phi) is 5.86. The number of piperazine rings is 1. The molecule has 1 saturated heterocycles. The fourth-order valence-corrected chi connectivity index (χ4v) is 3.21. The van der Waals surface area contributed by atoms with Gasteiger partial charge in [-0.25, -0.2) is 4.79 Å². The molecule has 3 rings (SSSR count). The number of hydrogen-bond donors (Lipinski definition) is 1. The Morgan fingerprint density at radius 1 is 1.07 bits per heavy atom. The molecule has 1 aliphatic rings. The van der Waals surface area contributed by atoms with Crippen molar-refractivity contribution in [2.75, 3.05) is 43.4 Å². The van der Waals surface area contributed by atoms with Crippen LogP contribution in [0.2, 0.25) is 5.02 Å². The summed E-state index contributed by atoms with van der Waals surface area (Å²) in [5.41, 5.74) is 8.77. The maximum absolute atomic E-state index is 12.3. The van der Waals surface area contributed by atoms with Crippen LogP contribution in [0.15, 0.2) is 42.5 Å². The van der Waals surface area contributed by atoms with E-state index < -0.39 is 5.97 Å². The molecular weight excluding hydrogens is 366 g/mol. The summed E-state index contributed by atoms with van der Waals surface area (Å²) in [5.74, 6) is -0.724. The van der Waals surface area contributed by atoms with E-state index in [1.807, 2.05) is 25.1 Å². The zero-order valence-corrected chi connectivity index (χ0v) is 15.9. The number of aryl methyl sites for hydroxylation is 1. The van der Waals surface area contributed by atoms with E-state index in [-0.39, 0.29) is 12.5 Å². The van der Waals surface area contributed by atoms with E-state index in [4.69, 9.17) is 22.1 Å². The number of nitrogen functional groups attached to an aromatic ring is 1. The third-order valence-electron chi connectivity index (χ3n) is 4.62. The first-order valence-corrected chi connectivity index (χ1v) is 9.13. The van der Waals surface area contributed by atoms with Crippen LogP contribution < -0.4 is 10.6 Å². The monoisotopic (exact) mass is 387 g/mol. The molecule has 0 saturated carbocycles. The van der Waals surface area contributed by atoms with E-state index in [1.165, 1.54) is 0 Å². The molecule has 0 bridgehead atoms. The average molecular weight is 388 g/mol. The first kappa shape index (κ1) is 19.0. The average Bonchev–Trinajstić information content (AvgIpc) is 2.68. The molecule has 7 heteroatoms. The summed E-state index contributed by atoms with van der Waals surface area (Å²) in [4.78, 5) is 28.3. The van der Waals surface area contributed by atoms with Crippen molar-refractivity contribution in [3.8, 4) is 0 Å². The highest BCUT2D eigenvalue weighted by Crippen LogP contribution is 2.25. The van der Waals surface area contributed by atoms with Crippen LogP contribution in [0.5, 0.6) is 0 Å². The minimum atomic E-state index is -0.531. The normalized spacial score (nSPS) is 14.1. The van der Waals surface area contributed by atoms with Gasteiger partial charge in [0.25, 0.3) is 5.91 Å². The molecular formula is C20H22ClN3O3. The molecule has 1 amide bonds. The lowest BCUT2D eigenvalue weighted by atomic mass is 10.1. The molecule has 0 spiro atoms. The molecule has 1 heterocycles. The number of amides is 1. The SMILES string of the molecule is Cc1ccc(Cl)cc1N1CCN(C(=O)COC(=O)c2ccc(N)cc2)CC1. The fraction of sp³-hybridized carbons (Fsp3) is 0.300. The largest absolute Gasteiger partial charge is 0.452 e. The number of hydrogen-bond acceptors (Lipinski definition) is 5. The Morgan fingerprint density at radius 2 is 1.74 bits per heavy atom. The van der Waals surface area contributed by atoms with Crippen molar-refractivity contribution in [1.29, 1.82) is 0 Å². The summed E-state index contributed by atoms with van der Waals surface area (Å²) in [6.07, 6.45) is 0. The molecule has 2 aromatic rings. The molecule has 1 aliphatic heterocycles. The highest BCUT2D eigenvalue weighted by Gasteiger charge is 2.23. The van der Waals surface area contributed by atoms with Crippen molar-refractivity contribution in [2.45, 2.75) is 6.92 Å². The molecule has 0 unspecified atom stereocenters. The summed E-state index contributed by atoms with van der Waals surface area (Å²) in [7, 11) is 0. The second-order valence-electron chi connectivity index (χ2n) is 6.50. The third kappa shape index (κ3) is 4.71. The summed E-state index contributed by atoms with van der Waals surface area (Å²) in [5, 5.41) is 0.698. The molecule has 0 atom stereocenters. The molecule has 1 fully saturated rings. The van der Waals surface area contributed by atoms with Gasteiger partial charge in [-0.15, -0.1) is 0 Å². The number of carbonyl (C=O) groups is 2. The Labute approximate surface area is 163 Å². The predicted molar refractivity (Wildman–Crippen MR) is 106 cm³/mol. The van der Waals surface area contributed by atoms with Crippen molar-refractivity contribution in [3.63, 3.8) is 0 Å². The Bertz CT molecular complexity index is 831. The molecule has 2 N–H and O–H groups in total. The number of anilines is 2. The van der Waals surface area contributed by atoms with Crippen LogP contribution in [-0.4, -0.2) is 49.6 Å². The Balaban J connectivity index is 1.50. The fourth-order valence-electron chi connectivity index (χ4n) is 3.04. The minimum absolute atomic E-state index is 0.193. The van der Waals surface area contributed by atoms with E-state index >= 15 is 0 Å². The summed E-state index contributed by atoms with van der Waals surface area (Å²) >= 11 is 6.10. The molecule has 0 radical (unpaired) electrons. The molecule has 0 aromatic heterocycles. The van der Waals surface area contributed by atoms with Crippen LogP contribution in [0.25, 0.3) is 0 Å². The topological polar surface area (TPSA) is 75.9 Å². The Hall–Kier alpha value is -2.73. The van der Waals surface area contributed by atoms with Gasteiger partial charge in [0.2, 0.25) is 0 Å². The maximum atomic E-state index is 12.3. The highest BCUT2D eigenvalue weighted by atomic mass is 35.5. The van der Waals surface area contributed by atoms with Crippen LogP contribution >= 0.6 is 11.6 Å². The van der Waals surface area contributed by atoms with Gasteiger partial charge in [-0.05, 0) is 48.9 Å². The molecule has 27 heavy (non-hydrogen) atoms. The number of nitrogens with zero attached hydrogens (tertiary/aromatic N) is 2. The van der Waals surface area contributed by atoms with E-state index in [9.17, 15) is 9.59 Å². The first-order valence-electron chi connectivity index (χ1n) is 8.75. The van der Waals surface area contributed by atoms with Gasteiger partial charge < -0.3 is 20.3 Å². The van der Waals surface area contributed by atoms with Gasteiger partial charge in [-0.1, -0.05) is 17.7 Å². The first-order chi connectivity index (χ1) is 12.9. The maximum Gasteiger partial charge on any atom is 0.338 e. The zero-order valence-electron chi connectivity index (χ0n) is 15.2. The van der Waals surface area contributed by atoms with Gasteiger partial charge >= 0.3 is 5.97 Å². The zero-order chi connectivity index (χ0) is 19.4. The summed E-state index contributed by atoms with van der Waals surface area (Å²) in [6, 6.07) is 12.2. The molecule has 142 valence electrons. The lowest BCUT2D eigenvalue weighted by molar-refractivity contribution is -0.134. The van der Waals surface area contributed by atoms with Gasteiger partial charge in [0, 0.05) is 42.6 Å². The van der Waals surface area contributed by atoms with E-state index in [1.54, 1.807) is 29.2 Å². The molecule has 6 nitrogen and oxygen atoms in total. The lowest BCUT2D eigenvalue weighted by Crippen LogP contribution is -2.50. The van der Waals surface area contributed by atoms with Gasteiger partial charge in [0.15, 0.2) is 6.61 Å². The number of esters is 1. The van der Waals surface area contributed by atoms with Crippen LogP contribution in [0.1, 0.15) is 15.9 Å². The van der Waals surface area contributed by atoms with Crippen molar-refractivity contribution in [2.24, 2.45) is 0 Å². The van der Waals surface area contributed by atoms with Crippen molar-refractivity contribution < 1.29 is 14.3 Å². The van der Waals surface area contributed by atoms with Crippen molar-refractivity contribution in [3.05, 3.63) is 58.6 Å². The number of halogens is 1. The van der Waals surface area contributed by atoms with Gasteiger partial charge in [0.1, 0.15) is 0 Å². The Morgan fingerprint density at radius 3 is 2.41 bits per heavy atom. The number of carbonyl (C=O) groups excluding carboxylic acids is 2. The lowest BCUT2D eigenvalue weighted by Gasteiger charge is -2.36. The number of benzene rings is 2. The molecule has 0 aliphatic carbocycles.